The van der Waals surface area contributed by atoms with Gasteiger partial charge in [-0.2, -0.15) is 0 Å². The number of nitrogens with zero attached hydrogens (tertiary/aromatic N) is 2. The molecule has 0 saturated heterocycles. The molecular formula is C28H31N3OS. The van der Waals surface area contributed by atoms with Crippen molar-refractivity contribution in [3.05, 3.63) is 94.9 Å². The lowest BCUT2D eigenvalue weighted by Crippen LogP contribution is -2.21. The van der Waals surface area contributed by atoms with Gasteiger partial charge in [0, 0.05) is 42.2 Å². The summed E-state index contributed by atoms with van der Waals surface area (Å²) in [5, 5.41) is 4.49. The molecule has 0 fully saturated rings. The van der Waals surface area contributed by atoms with E-state index >= 15 is 0 Å². The van der Waals surface area contributed by atoms with Crippen LogP contribution in [0.4, 0.5) is 10.8 Å². The second-order valence-corrected chi connectivity index (χ2v) is 8.96. The zero-order valence-electron chi connectivity index (χ0n) is 19.5. The second kappa shape index (κ2) is 11.0. The van der Waals surface area contributed by atoms with E-state index in [9.17, 15) is 0 Å². The van der Waals surface area contributed by atoms with Gasteiger partial charge in [0.1, 0.15) is 5.75 Å². The average Bonchev–Trinajstić information content (AvgIpc) is 3.27. The van der Waals surface area contributed by atoms with E-state index in [-0.39, 0.29) is 0 Å². The summed E-state index contributed by atoms with van der Waals surface area (Å²) in [7, 11) is 1.69. The summed E-state index contributed by atoms with van der Waals surface area (Å²) in [6, 6.07) is 27.5. The number of aromatic nitrogens is 1. The lowest BCUT2D eigenvalue weighted by Gasteiger charge is -2.21. The molecule has 33 heavy (non-hydrogen) atoms. The van der Waals surface area contributed by atoms with Crippen LogP contribution in [-0.4, -0.2) is 25.2 Å². The summed E-state index contributed by atoms with van der Waals surface area (Å²) in [6.07, 6.45) is 0.861. The minimum atomic E-state index is 0.749. The third kappa shape index (κ3) is 5.74. The molecule has 170 valence electrons. The number of benzene rings is 3. The molecule has 0 radical (unpaired) electrons. The Kier molecular flexibility index (Phi) is 7.63. The molecule has 4 aromatic rings. The molecular weight excluding hydrogens is 426 g/mol. The average molecular weight is 458 g/mol. The largest absolute Gasteiger partial charge is 0.497 e. The lowest BCUT2D eigenvalue weighted by atomic mass is 10.1. The van der Waals surface area contributed by atoms with E-state index in [0.717, 1.165) is 48.2 Å². The van der Waals surface area contributed by atoms with Crippen LogP contribution in [0.15, 0.2) is 78.9 Å². The molecule has 4 nitrogen and oxygen atoms in total. The van der Waals surface area contributed by atoms with Crippen LogP contribution in [0.25, 0.3) is 11.3 Å². The fourth-order valence-corrected chi connectivity index (χ4v) is 4.91. The third-order valence-electron chi connectivity index (χ3n) is 5.78. The van der Waals surface area contributed by atoms with Crippen LogP contribution >= 0.6 is 11.3 Å². The van der Waals surface area contributed by atoms with Gasteiger partial charge in [-0.15, -0.1) is 11.3 Å². The van der Waals surface area contributed by atoms with Crippen LogP contribution in [0.1, 0.15) is 29.9 Å². The molecule has 0 aliphatic heterocycles. The van der Waals surface area contributed by atoms with Crippen molar-refractivity contribution in [2.45, 2.75) is 26.8 Å². The first-order chi connectivity index (χ1) is 16.2. The summed E-state index contributed by atoms with van der Waals surface area (Å²) >= 11 is 1.73. The standard InChI is InChI=1S/C28H31N3OS/c1-4-31(5-2)24-15-11-22(12-16-24)20-29-28-30-27(23-13-17-25(32-3)18-14-23)26(33-28)19-21-9-7-6-8-10-21/h6-18H,4-5,19-20H2,1-3H3,(H,29,30). The molecule has 0 aliphatic carbocycles. The van der Waals surface area contributed by atoms with Crippen molar-refractivity contribution >= 4 is 22.2 Å². The van der Waals surface area contributed by atoms with E-state index in [1.165, 1.54) is 21.7 Å². The Morgan fingerprint density at radius 3 is 2.18 bits per heavy atom. The van der Waals surface area contributed by atoms with E-state index in [1.54, 1.807) is 18.4 Å². The van der Waals surface area contributed by atoms with Crippen molar-refractivity contribution in [3.63, 3.8) is 0 Å². The minimum Gasteiger partial charge on any atom is -0.497 e. The smallest absolute Gasteiger partial charge is 0.183 e. The molecule has 0 unspecified atom stereocenters. The predicted octanol–water partition coefficient (Wildman–Crippen LogP) is 6.87. The van der Waals surface area contributed by atoms with Crippen molar-refractivity contribution in [2.75, 3.05) is 30.4 Å². The fourth-order valence-electron chi connectivity index (χ4n) is 3.89. The van der Waals surface area contributed by atoms with E-state index in [1.807, 2.05) is 12.1 Å². The second-order valence-electron chi connectivity index (χ2n) is 7.87. The summed E-state index contributed by atoms with van der Waals surface area (Å²) < 4.78 is 5.33. The molecule has 0 bridgehead atoms. The van der Waals surface area contributed by atoms with Gasteiger partial charge < -0.3 is 15.0 Å². The maximum absolute atomic E-state index is 5.33. The highest BCUT2D eigenvalue weighted by Gasteiger charge is 2.14. The number of ether oxygens (including phenoxy) is 1. The van der Waals surface area contributed by atoms with Gasteiger partial charge in [-0.3, -0.25) is 0 Å². The van der Waals surface area contributed by atoms with Crippen molar-refractivity contribution in [2.24, 2.45) is 0 Å². The summed E-state index contributed by atoms with van der Waals surface area (Å²) in [5.74, 6) is 0.852. The molecule has 0 spiro atoms. The number of hydrogen-bond acceptors (Lipinski definition) is 5. The monoisotopic (exact) mass is 457 g/mol. The van der Waals surface area contributed by atoms with Gasteiger partial charge in [0.2, 0.25) is 0 Å². The number of anilines is 2. The van der Waals surface area contributed by atoms with Crippen LogP contribution in [-0.2, 0) is 13.0 Å². The molecule has 3 aromatic carbocycles. The number of hydrogen-bond donors (Lipinski definition) is 1. The zero-order chi connectivity index (χ0) is 23.0. The van der Waals surface area contributed by atoms with Crippen molar-refractivity contribution < 1.29 is 4.74 Å². The maximum Gasteiger partial charge on any atom is 0.183 e. The van der Waals surface area contributed by atoms with Gasteiger partial charge in [0.05, 0.1) is 12.8 Å². The van der Waals surface area contributed by atoms with Crippen LogP contribution in [0.3, 0.4) is 0 Å². The zero-order valence-corrected chi connectivity index (χ0v) is 20.4. The highest BCUT2D eigenvalue weighted by atomic mass is 32.1. The Hall–Kier alpha value is -3.31. The first-order valence-electron chi connectivity index (χ1n) is 11.5. The topological polar surface area (TPSA) is 37.4 Å². The predicted molar refractivity (Wildman–Crippen MR) is 141 cm³/mol. The maximum atomic E-state index is 5.33. The molecule has 5 heteroatoms. The van der Waals surface area contributed by atoms with E-state index < -0.39 is 0 Å². The molecule has 0 atom stereocenters. The summed E-state index contributed by atoms with van der Waals surface area (Å²) in [4.78, 5) is 8.59. The summed E-state index contributed by atoms with van der Waals surface area (Å²) in [5.41, 5.74) is 5.94. The third-order valence-corrected chi connectivity index (χ3v) is 6.79. The van der Waals surface area contributed by atoms with Crippen molar-refractivity contribution in [1.29, 1.82) is 0 Å². The molecule has 0 aliphatic rings. The Bertz CT molecular complexity index is 1130. The van der Waals surface area contributed by atoms with Gasteiger partial charge in [-0.1, -0.05) is 42.5 Å². The Morgan fingerprint density at radius 2 is 1.55 bits per heavy atom. The van der Waals surface area contributed by atoms with Gasteiger partial charge in [0.15, 0.2) is 5.13 Å². The molecule has 4 rings (SSSR count). The first-order valence-corrected chi connectivity index (χ1v) is 12.3. The van der Waals surface area contributed by atoms with E-state index in [2.05, 4.69) is 90.8 Å². The van der Waals surface area contributed by atoms with E-state index in [0.29, 0.717) is 0 Å². The Balaban J connectivity index is 1.54. The molecule has 1 heterocycles. The Morgan fingerprint density at radius 1 is 0.848 bits per heavy atom. The quantitative estimate of drug-likeness (QED) is 0.282. The van der Waals surface area contributed by atoms with Crippen molar-refractivity contribution in [1.82, 2.24) is 4.98 Å². The van der Waals surface area contributed by atoms with Crippen LogP contribution in [0.5, 0.6) is 5.75 Å². The fraction of sp³-hybridized carbons (Fsp3) is 0.250. The number of rotatable bonds is 10. The highest BCUT2D eigenvalue weighted by Crippen LogP contribution is 2.34. The van der Waals surface area contributed by atoms with Gasteiger partial charge in [0.25, 0.3) is 0 Å². The van der Waals surface area contributed by atoms with Gasteiger partial charge >= 0.3 is 0 Å². The first kappa shape index (κ1) is 22.9. The normalized spacial score (nSPS) is 10.8. The number of nitrogens with one attached hydrogen (secondary N) is 1. The van der Waals surface area contributed by atoms with Gasteiger partial charge in [-0.25, -0.2) is 4.98 Å². The lowest BCUT2D eigenvalue weighted by molar-refractivity contribution is 0.415. The number of thiazole rings is 1. The SMILES string of the molecule is CCN(CC)c1ccc(CNc2nc(-c3ccc(OC)cc3)c(Cc3ccccc3)s2)cc1. The molecule has 1 aromatic heterocycles. The molecule has 0 saturated carbocycles. The van der Waals surface area contributed by atoms with Crippen LogP contribution < -0.4 is 15.0 Å². The van der Waals surface area contributed by atoms with Gasteiger partial charge in [-0.05, 0) is 61.4 Å². The highest BCUT2D eigenvalue weighted by molar-refractivity contribution is 7.16. The molecule has 0 amide bonds. The van der Waals surface area contributed by atoms with E-state index in [4.69, 9.17) is 9.72 Å². The summed E-state index contributed by atoms with van der Waals surface area (Å²) in [6.45, 7) is 7.17. The minimum absolute atomic E-state index is 0.749. The molecule has 1 N–H and O–H groups in total. The van der Waals surface area contributed by atoms with Crippen LogP contribution in [0.2, 0.25) is 0 Å². The van der Waals surface area contributed by atoms with Crippen molar-refractivity contribution in [3.8, 4) is 17.0 Å². The Labute approximate surface area is 200 Å². The van der Waals surface area contributed by atoms with Crippen LogP contribution in [0, 0.1) is 0 Å². The number of methoxy groups -OCH3 is 1.